The molecule has 0 aliphatic heterocycles. The zero-order chi connectivity index (χ0) is 31.9. The van der Waals surface area contributed by atoms with Gasteiger partial charge in [0.15, 0.2) is 11.5 Å². The molecule has 3 aromatic rings. The number of nitrogens with zero attached hydrogens (tertiary/aromatic N) is 2. The highest BCUT2D eigenvalue weighted by atomic mass is 35.5. The van der Waals surface area contributed by atoms with Gasteiger partial charge in [-0.05, 0) is 74.4 Å². The van der Waals surface area contributed by atoms with Gasteiger partial charge in [-0.2, -0.15) is 0 Å². The van der Waals surface area contributed by atoms with Gasteiger partial charge in [0.2, 0.25) is 11.8 Å². The van der Waals surface area contributed by atoms with Crippen LogP contribution in [0.15, 0.2) is 65.6 Å². The van der Waals surface area contributed by atoms with Gasteiger partial charge in [0.1, 0.15) is 12.6 Å². The van der Waals surface area contributed by atoms with Gasteiger partial charge in [0.05, 0.1) is 34.8 Å². The number of methoxy groups -OCH3 is 2. The Bertz CT molecular complexity index is 1550. The van der Waals surface area contributed by atoms with Crippen molar-refractivity contribution in [1.82, 2.24) is 10.2 Å². The fraction of sp³-hybridized carbons (Fsp3) is 0.333. The Morgan fingerprint density at radius 2 is 1.53 bits per heavy atom. The molecule has 1 N–H and O–H groups in total. The molecule has 0 radical (unpaired) electrons. The van der Waals surface area contributed by atoms with Crippen molar-refractivity contribution in [1.29, 1.82) is 0 Å². The molecule has 232 valence electrons. The molecule has 43 heavy (non-hydrogen) atoms. The number of sulfonamides is 1. The molecule has 2 atom stereocenters. The van der Waals surface area contributed by atoms with Crippen LogP contribution < -0.4 is 19.1 Å². The second-order valence-electron chi connectivity index (χ2n) is 9.77. The number of rotatable bonds is 13. The van der Waals surface area contributed by atoms with E-state index in [1.165, 1.54) is 61.6 Å². The summed E-state index contributed by atoms with van der Waals surface area (Å²) in [4.78, 5) is 28.4. The first-order valence-electron chi connectivity index (χ1n) is 13.4. The van der Waals surface area contributed by atoms with E-state index in [0.717, 1.165) is 4.31 Å². The number of hydrogen-bond acceptors (Lipinski definition) is 6. The van der Waals surface area contributed by atoms with E-state index in [9.17, 15) is 18.0 Å². The van der Waals surface area contributed by atoms with Gasteiger partial charge in [-0.3, -0.25) is 13.9 Å². The van der Waals surface area contributed by atoms with Crippen molar-refractivity contribution in [3.05, 3.63) is 81.3 Å². The van der Waals surface area contributed by atoms with Crippen LogP contribution >= 0.6 is 34.8 Å². The Labute approximate surface area is 267 Å². The Kier molecular flexibility index (Phi) is 12.0. The number of carbonyl (C=O) groups is 2. The summed E-state index contributed by atoms with van der Waals surface area (Å²) in [6.45, 7) is 4.71. The van der Waals surface area contributed by atoms with Crippen LogP contribution in [0.1, 0.15) is 32.8 Å². The lowest BCUT2D eigenvalue weighted by molar-refractivity contribution is -0.139. The second kappa shape index (κ2) is 15.0. The molecule has 0 unspecified atom stereocenters. The van der Waals surface area contributed by atoms with Crippen LogP contribution in [0.2, 0.25) is 15.1 Å². The molecule has 0 aliphatic rings. The van der Waals surface area contributed by atoms with Gasteiger partial charge in [0, 0.05) is 23.7 Å². The van der Waals surface area contributed by atoms with Gasteiger partial charge in [-0.1, -0.05) is 47.8 Å². The fourth-order valence-electron chi connectivity index (χ4n) is 4.12. The highest BCUT2D eigenvalue weighted by Crippen LogP contribution is 2.33. The molecule has 2 amide bonds. The smallest absolute Gasteiger partial charge is 0.264 e. The molecular formula is C30H34Cl3N3O6S. The van der Waals surface area contributed by atoms with Crippen LogP contribution in [0.3, 0.4) is 0 Å². The molecule has 13 heteroatoms. The third-order valence-corrected chi connectivity index (χ3v) is 9.60. The van der Waals surface area contributed by atoms with E-state index in [1.807, 2.05) is 13.8 Å². The molecule has 0 aromatic heterocycles. The van der Waals surface area contributed by atoms with E-state index < -0.39 is 28.5 Å². The lowest BCUT2D eigenvalue weighted by atomic mass is 10.1. The Balaban J connectivity index is 2.08. The van der Waals surface area contributed by atoms with E-state index in [0.29, 0.717) is 27.8 Å². The van der Waals surface area contributed by atoms with Crippen LogP contribution in [-0.2, 0) is 26.2 Å². The molecule has 3 aromatic carbocycles. The van der Waals surface area contributed by atoms with Crippen molar-refractivity contribution < 1.29 is 27.5 Å². The summed E-state index contributed by atoms with van der Waals surface area (Å²) in [5.41, 5.74) is 0.797. The molecule has 0 saturated heterocycles. The summed E-state index contributed by atoms with van der Waals surface area (Å²) in [6, 6.07) is 14.0. The molecule has 0 heterocycles. The van der Waals surface area contributed by atoms with Gasteiger partial charge in [0.25, 0.3) is 10.0 Å². The van der Waals surface area contributed by atoms with Crippen LogP contribution in [0.4, 0.5) is 5.69 Å². The topological polar surface area (TPSA) is 105 Å². The van der Waals surface area contributed by atoms with E-state index in [2.05, 4.69) is 5.32 Å². The van der Waals surface area contributed by atoms with Crippen molar-refractivity contribution in [3.63, 3.8) is 0 Å². The monoisotopic (exact) mass is 669 g/mol. The first-order chi connectivity index (χ1) is 20.3. The molecule has 9 nitrogen and oxygen atoms in total. The molecule has 3 rings (SSSR count). The predicted octanol–water partition coefficient (Wildman–Crippen LogP) is 6.19. The molecule has 0 saturated carbocycles. The Morgan fingerprint density at radius 3 is 2.12 bits per heavy atom. The summed E-state index contributed by atoms with van der Waals surface area (Å²) in [7, 11) is -1.51. The minimum atomic E-state index is -4.34. The van der Waals surface area contributed by atoms with Crippen molar-refractivity contribution in [3.8, 4) is 11.5 Å². The van der Waals surface area contributed by atoms with E-state index in [-0.39, 0.29) is 39.8 Å². The third kappa shape index (κ3) is 8.47. The number of nitrogens with one attached hydrogen (secondary N) is 1. The van der Waals surface area contributed by atoms with Crippen molar-refractivity contribution in [2.24, 2.45) is 0 Å². The number of hydrogen-bond donors (Lipinski definition) is 1. The lowest BCUT2D eigenvalue weighted by Gasteiger charge is -2.32. The molecule has 0 aliphatic carbocycles. The quantitative estimate of drug-likeness (QED) is 0.233. The van der Waals surface area contributed by atoms with Crippen LogP contribution in [-0.4, -0.2) is 58.0 Å². The van der Waals surface area contributed by atoms with Crippen LogP contribution in [0.25, 0.3) is 0 Å². The number of benzene rings is 3. The minimum Gasteiger partial charge on any atom is -0.493 e. The molecule has 0 fully saturated rings. The SMILES string of the molecule is CC[C@H](C)NC(=O)[C@@H](C)N(Cc1ccc(Cl)c(Cl)c1)C(=O)CN(c1ccc(Cl)cc1)S(=O)(=O)c1ccc(OC)c(OC)c1. The normalized spacial score (nSPS) is 12.7. The maximum Gasteiger partial charge on any atom is 0.264 e. The van der Waals surface area contributed by atoms with E-state index in [4.69, 9.17) is 44.3 Å². The number of anilines is 1. The number of halogens is 3. The fourth-order valence-corrected chi connectivity index (χ4v) is 6.00. The Hall–Kier alpha value is -3.18. The van der Waals surface area contributed by atoms with E-state index in [1.54, 1.807) is 25.1 Å². The standard InChI is InChI=1S/C30H34Cl3N3O6S/c1-6-19(2)34-30(38)20(3)35(17-21-7-13-25(32)26(33)15-21)29(37)18-36(23-10-8-22(31)9-11-23)43(39,40)24-12-14-27(41-4)28(16-24)42-5/h7-16,19-20H,6,17-18H2,1-5H3,(H,34,38)/t19-,20+/m0/s1. The first-order valence-corrected chi connectivity index (χ1v) is 15.9. The maximum absolute atomic E-state index is 14.1. The van der Waals surface area contributed by atoms with Crippen LogP contribution in [0.5, 0.6) is 11.5 Å². The number of carbonyl (C=O) groups excluding carboxylic acids is 2. The molecular weight excluding hydrogens is 637 g/mol. The summed E-state index contributed by atoms with van der Waals surface area (Å²) in [6.07, 6.45) is 0.688. The van der Waals surface area contributed by atoms with Gasteiger partial charge in [-0.25, -0.2) is 8.42 Å². The van der Waals surface area contributed by atoms with Gasteiger partial charge >= 0.3 is 0 Å². The number of ether oxygens (including phenoxy) is 2. The minimum absolute atomic E-state index is 0.0321. The summed E-state index contributed by atoms with van der Waals surface area (Å²) in [5, 5.41) is 3.89. The van der Waals surface area contributed by atoms with Crippen LogP contribution in [0, 0.1) is 0 Å². The second-order valence-corrected chi connectivity index (χ2v) is 12.9. The van der Waals surface area contributed by atoms with Gasteiger partial charge in [-0.15, -0.1) is 0 Å². The highest BCUT2D eigenvalue weighted by molar-refractivity contribution is 7.92. The van der Waals surface area contributed by atoms with E-state index >= 15 is 0 Å². The average Bonchev–Trinajstić information content (AvgIpc) is 2.99. The zero-order valence-corrected chi connectivity index (χ0v) is 27.5. The molecule has 0 bridgehead atoms. The lowest BCUT2D eigenvalue weighted by Crippen LogP contribution is -2.52. The predicted molar refractivity (Wildman–Crippen MR) is 170 cm³/mol. The first kappa shape index (κ1) is 34.3. The van der Waals surface area contributed by atoms with Crippen molar-refractivity contribution in [2.75, 3.05) is 25.1 Å². The zero-order valence-electron chi connectivity index (χ0n) is 24.4. The average molecular weight is 671 g/mol. The maximum atomic E-state index is 14.1. The highest BCUT2D eigenvalue weighted by Gasteiger charge is 2.33. The number of amides is 2. The van der Waals surface area contributed by atoms with Crippen molar-refractivity contribution >= 4 is 62.3 Å². The van der Waals surface area contributed by atoms with Gasteiger partial charge < -0.3 is 19.7 Å². The summed E-state index contributed by atoms with van der Waals surface area (Å²) < 4.78 is 39.7. The Morgan fingerprint density at radius 1 is 0.884 bits per heavy atom. The molecule has 0 spiro atoms. The largest absolute Gasteiger partial charge is 0.493 e. The van der Waals surface area contributed by atoms with Crippen molar-refractivity contribution in [2.45, 2.75) is 50.7 Å². The summed E-state index contributed by atoms with van der Waals surface area (Å²) >= 11 is 18.4. The third-order valence-electron chi connectivity index (χ3n) is 6.84. The summed E-state index contributed by atoms with van der Waals surface area (Å²) in [5.74, 6) is -0.479.